The molecule has 0 aliphatic rings. The molecule has 0 aliphatic heterocycles. The van der Waals surface area contributed by atoms with E-state index in [0.717, 1.165) is 0 Å². The van der Waals surface area contributed by atoms with Crippen molar-refractivity contribution in [3.63, 3.8) is 0 Å². The van der Waals surface area contributed by atoms with E-state index in [1.165, 1.54) is 6.92 Å². The molecule has 0 fully saturated rings. The predicted molar refractivity (Wildman–Crippen MR) is 46.5 cm³/mol. The summed E-state index contributed by atoms with van der Waals surface area (Å²) >= 11 is 0. The summed E-state index contributed by atoms with van der Waals surface area (Å²) in [5.41, 5.74) is 0. The van der Waals surface area contributed by atoms with E-state index >= 15 is 0 Å². The van der Waals surface area contributed by atoms with Gasteiger partial charge in [0.25, 0.3) is 0 Å². The van der Waals surface area contributed by atoms with Crippen LogP contribution in [0.5, 0.6) is 0 Å². The van der Waals surface area contributed by atoms with Crippen molar-refractivity contribution in [2.24, 2.45) is 0 Å². The summed E-state index contributed by atoms with van der Waals surface area (Å²) in [6.07, 6.45) is 0. The maximum atomic E-state index is 10.5. The van der Waals surface area contributed by atoms with Gasteiger partial charge in [-0.1, -0.05) is 13.8 Å². The Morgan fingerprint density at radius 3 is 2.18 bits per heavy atom. The van der Waals surface area contributed by atoms with Crippen LogP contribution in [0.15, 0.2) is 0 Å². The van der Waals surface area contributed by atoms with E-state index in [2.05, 4.69) is 0 Å². The molecule has 0 saturated carbocycles. The van der Waals surface area contributed by atoms with Crippen LogP contribution in [-0.4, -0.2) is 38.1 Å². The van der Waals surface area contributed by atoms with E-state index < -0.39 is 0 Å². The van der Waals surface area contributed by atoms with Crippen LogP contribution < -0.4 is 0 Å². The highest BCUT2D eigenvalue weighted by molar-refractivity contribution is 5.72. The van der Waals surface area contributed by atoms with Gasteiger partial charge in [-0.3, -0.25) is 4.79 Å². The van der Waals surface area contributed by atoms with Crippen LogP contribution in [0.25, 0.3) is 0 Å². The third-order valence-corrected chi connectivity index (χ3v) is 1.17. The highest BCUT2D eigenvalue weighted by atomic mass is 16.5. The van der Waals surface area contributed by atoms with Gasteiger partial charge in [-0.15, -0.1) is 0 Å². The van der Waals surface area contributed by atoms with Crippen LogP contribution in [0, 0.1) is 0 Å². The Hall–Kier alpha value is -0.570. The van der Waals surface area contributed by atoms with Crippen molar-refractivity contribution >= 4 is 5.91 Å². The largest absolute Gasteiger partial charge is 0.383 e. The van der Waals surface area contributed by atoms with E-state index in [9.17, 15) is 4.79 Å². The molecule has 3 heteroatoms. The van der Waals surface area contributed by atoms with Crippen molar-refractivity contribution < 1.29 is 9.53 Å². The van der Waals surface area contributed by atoms with Gasteiger partial charge in [0, 0.05) is 27.6 Å². The molecule has 0 saturated heterocycles. The Kier molecular flexibility index (Phi) is 11.2. The average molecular weight is 161 g/mol. The van der Waals surface area contributed by atoms with Gasteiger partial charge in [-0.25, -0.2) is 0 Å². The fraction of sp³-hybridized carbons (Fsp3) is 0.875. The predicted octanol–water partition coefficient (Wildman–Crippen LogP) is 1.14. The number of amides is 1. The number of likely N-dealkylation sites (N-methyl/N-ethyl adjacent to an activating group) is 1. The van der Waals surface area contributed by atoms with Gasteiger partial charge in [0.15, 0.2) is 0 Å². The molecule has 0 N–H and O–H groups in total. The Labute approximate surface area is 69.3 Å². The molecule has 68 valence electrons. The zero-order chi connectivity index (χ0) is 9.28. The second kappa shape index (κ2) is 9.43. The zero-order valence-electron chi connectivity index (χ0n) is 8.18. The molecule has 0 rings (SSSR count). The van der Waals surface area contributed by atoms with E-state index in [-0.39, 0.29) is 5.91 Å². The molecule has 0 heterocycles. The third kappa shape index (κ3) is 9.43. The van der Waals surface area contributed by atoms with Gasteiger partial charge in [0.2, 0.25) is 5.91 Å². The molecular weight excluding hydrogens is 142 g/mol. The van der Waals surface area contributed by atoms with Gasteiger partial charge >= 0.3 is 0 Å². The first-order valence-corrected chi connectivity index (χ1v) is 3.89. The average Bonchev–Trinajstić information content (AvgIpc) is 2.03. The molecule has 0 radical (unpaired) electrons. The topological polar surface area (TPSA) is 29.5 Å². The van der Waals surface area contributed by atoms with Crippen LogP contribution in [-0.2, 0) is 9.53 Å². The van der Waals surface area contributed by atoms with Crippen molar-refractivity contribution in [3.05, 3.63) is 0 Å². The summed E-state index contributed by atoms with van der Waals surface area (Å²) in [5.74, 6) is 0.0760. The van der Waals surface area contributed by atoms with Gasteiger partial charge < -0.3 is 9.64 Å². The van der Waals surface area contributed by atoms with E-state index in [1.54, 1.807) is 19.1 Å². The number of ether oxygens (including phenoxy) is 1. The Morgan fingerprint density at radius 1 is 1.45 bits per heavy atom. The molecule has 11 heavy (non-hydrogen) atoms. The maximum absolute atomic E-state index is 10.5. The summed E-state index contributed by atoms with van der Waals surface area (Å²) in [4.78, 5) is 12.1. The Bertz CT molecular complexity index is 94.1. The summed E-state index contributed by atoms with van der Waals surface area (Å²) < 4.78 is 4.77. The molecule has 0 aromatic carbocycles. The molecule has 0 unspecified atom stereocenters. The monoisotopic (exact) mass is 161 g/mol. The lowest BCUT2D eigenvalue weighted by Crippen LogP contribution is -2.27. The number of carbonyl (C=O) groups excluding carboxylic acids is 1. The number of nitrogens with zero attached hydrogens (tertiary/aromatic N) is 1. The van der Waals surface area contributed by atoms with E-state index in [0.29, 0.717) is 13.2 Å². The van der Waals surface area contributed by atoms with Crippen molar-refractivity contribution in [1.82, 2.24) is 4.90 Å². The minimum absolute atomic E-state index is 0.0760. The van der Waals surface area contributed by atoms with Gasteiger partial charge in [0.1, 0.15) is 0 Å². The zero-order valence-corrected chi connectivity index (χ0v) is 8.18. The fourth-order valence-electron chi connectivity index (χ4n) is 0.386. The van der Waals surface area contributed by atoms with E-state index in [1.807, 2.05) is 13.8 Å². The maximum Gasteiger partial charge on any atom is 0.219 e. The normalized spacial score (nSPS) is 8.09. The lowest BCUT2D eigenvalue weighted by Gasteiger charge is -2.12. The Morgan fingerprint density at radius 2 is 1.91 bits per heavy atom. The number of carbonyl (C=O) groups is 1. The quantitative estimate of drug-likeness (QED) is 0.621. The number of hydrogen-bond donors (Lipinski definition) is 0. The lowest BCUT2D eigenvalue weighted by atomic mass is 10.5. The summed E-state index contributed by atoms with van der Waals surface area (Å²) in [6, 6.07) is 0. The van der Waals surface area contributed by atoms with Crippen LogP contribution in [0.4, 0.5) is 0 Å². The Balaban J connectivity index is 0. The van der Waals surface area contributed by atoms with E-state index in [4.69, 9.17) is 4.74 Å². The van der Waals surface area contributed by atoms with Gasteiger partial charge in [0.05, 0.1) is 6.61 Å². The molecule has 0 spiro atoms. The van der Waals surface area contributed by atoms with Crippen LogP contribution in [0.3, 0.4) is 0 Å². The standard InChI is InChI=1S/C6H13NO2.C2H6/c1-6(8)7(2)4-5-9-3;1-2/h4-5H2,1-3H3;1-2H3. The summed E-state index contributed by atoms with van der Waals surface area (Å²) in [6.45, 7) is 6.82. The van der Waals surface area contributed by atoms with Crippen molar-refractivity contribution in [1.29, 1.82) is 0 Å². The summed E-state index contributed by atoms with van der Waals surface area (Å²) in [7, 11) is 3.37. The first-order chi connectivity index (χ1) is 5.18. The number of methoxy groups -OCH3 is 1. The van der Waals surface area contributed by atoms with Crippen LogP contribution in [0.2, 0.25) is 0 Å². The first-order valence-electron chi connectivity index (χ1n) is 3.89. The first kappa shape index (κ1) is 13.1. The minimum Gasteiger partial charge on any atom is -0.383 e. The van der Waals surface area contributed by atoms with Crippen LogP contribution in [0.1, 0.15) is 20.8 Å². The molecule has 0 aromatic rings. The minimum atomic E-state index is 0.0760. The molecule has 3 nitrogen and oxygen atoms in total. The van der Waals surface area contributed by atoms with Crippen molar-refractivity contribution in [3.8, 4) is 0 Å². The van der Waals surface area contributed by atoms with Gasteiger partial charge in [-0.2, -0.15) is 0 Å². The molecular formula is C8H19NO2. The third-order valence-electron chi connectivity index (χ3n) is 1.17. The fourth-order valence-corrected chi connectivity index (χ4v) is 0.386. The SMILES string of the molecule is CC.COCCN(C)C(C)=O. The van der Waals surface area contributed by atoms with Gasteiger partial charge in [-0.05, 0) is 0 Å². The number of hydrogen-bond acceptors (Lipinski definition) is 2. The molecule has 0 aromatic heterocycles. The second-order valence-corrected chi connectivity index (χ2v) is 1.93. The smallest absolute Gasteiger partial charge is 0.219 e. The van der Waals surface area contributed by atoms with Crippen molar-refractivity contribution in [2.75, 3.05) is 27.3 Å². The molecule has 0 atom stereocenters. The molecule has 1 amide bonds. The highest BCUT2D eigenvalue weighted by Crippen LogP contribution is 1.81. The highest BCUT2D eigenvalue weighted by Gasteiger charge is 1.98. The lowest BCUT2D eigenvalue weighted by molar-refractivity contribution is -0.128. The second-order valence-electron chi connectivity index (χ2n) is 1.93. The number of rotatable bonds is 3. The molecule has 0 aliphatic carbocycles. The summed E-state index contributed by atoms with van der Waals surface area (Å²) in [5, 5.41) is 0. The van der Waals surface area contributed by atoms with Crippen molar-refractivity contribution in [2.45, 2.75) is 20.8 Å². The molecule has 0 bridgehead atoms. The van der Waals surface area contributed by atoms with Crippen LogP contribution >= 0.6 is 0 Å².